The van der Waals surface area contributed by atoms with Gasteiger partial charge in [-0.3, -0.25) is 0 Å². The summed E-state index contributed by atoms with van der Waals surface area (Å²) in [6, 6.07) is 40.5. The van der Waals surface area contributed by atoms with E-state index in [1.54, 1.807) is 6.07 Å². The Morgan fingerprint density at radius 3 is 0.702 bits per heavy atom. The van der Waals surface area contributed by atoms with Crippen molar-refractivity contribution in [1.29, 1.82) is 0 Å². The second-order valence-electron chi connectivity index (χ2n) is 43.8. The lowest BCUT2D eigenvalue weighted by Gasteiger charge is -2.18. The number of hydrogen-bond donors (Lipinski definition) is 8. The molecular formula is C103H137Cl4FN16. The number of H-pyrrole nitrogens is 8. The highest BCUT2D eigenvalue weighted by Gasteiger charge is 2.27. The zero-order valence-electron chi connectivity index (χ0n) is 80.6. The summed E-state index contributed by atoms with van der Waals surface area (Å²) in [4.78, 5) is 63.3. The highest BCUT2D eigenvalue weighted by atomic mass is 35.5. The van der Waals surface area contributed by atoms with E-state index < -0.39 is 0 Å². The number of aromatic amines is 8. The number of rotatable bonds is 1. The Hall–Kier alpha value is -9.39. The SMILES string of the molecule is CC(C)(C)c1ccc2nc(C(C)(C)C)[nH]c2c1.CC(C)(C)c1ccc2nc(C(C)(C)C)[nH]c2c1.CC(C)(C)c1nc2cc(Cl)c(Cl)cc2[nH]1.CC(C)c1cc2[nH]c(C(C)(C)C)nc2cc1F.Cc1cc2[nH]c(C(C)(C)C)nc2cc1Cl.Cc1cc2[nH]c(C(C)(C)C)nc2cc1Cl.Cc1ccc2nc(C(C)(C)C)[nH]c2c1.Cc1ccc2nc(C(C)(C)C)[nH]c2c1. The lowest BCUT2D eigenvalue weighted by Crippen LogP contribution is -2.13. The fourth-order valence-corrected chi connectivity index (χ4v) is 13.5. The van der Waals surface area contributed by atoms with E-state index >= 15 is 0 Å². The van der Waals surface area contributed by atoms with Crippen LogP contribution in [0.5, 0.6) is 0 Å². The molecule has 0 aliphatic heterocycles. The van der Waals surface area contributed by atoms with Crippen molar-refractivity contribution in [2.24, 2.45) is 0 Å². The minimum Gasteiger partial charge on any atom is -0.342 e. The van der Waals surface area contributed by atoms with Gasteiger partial charge in [0.2, 0.25) is 0 Å². The molecule has 21 heteroatoms. The molecule has 16 aromatic rings. The summed E-state index contributed by atoms with van der Waals surface area (Å²) in [5, 5.41) is 2.63. The maximum absolute atomic E-state index is 13.8. The number of imidazole rings is 8. The van der Waals surface area contributed by atoms with E-state index in [0.29, 0.717) is 15.6 Å². The summed E-state index contributed by atoms with van der Waals surface area (Å²) in [6.45, 7) is 77.0. The molecule has 0 saturated heterocycles. The molecule has 16 rings (SSSR count). The zero-order chi connectivity index (χ0) is 92.8. The van der Waals surface area contributed by atoms with Crippen LogP contribution >= 0.6 is 46.4 Å². The molecule has 8 N–H and O–H groups in total. The molecule has 0 spiro atoms. The number of halogens is 5. The van der Waals surface area contributed by atoms with Gasteiger partial charge >= 0.3 is 0 Å². The van der Waals surface area contributed by atoms with Gasteiger partial charge in [0.1, 0.15) is 52.4 Å². The Kier molecular flexibility index (Phi) is 29.3. The molecule has 16 nitrogen and oxygen atoms in total. The van der Waals surface area contributed by atoms with Gasteiger partial charge in [-0.25, -0.2) is 44.3 Å². The monoisotopic (exact) mass is 1760 g/mol. The molecule has 124 heavy (non-hydrogen) atoms. The third kappa shape index (κ3) is 25.5. The quantitative estimate of drug-likeness (QED) is 0.0786. The van der Waals surface area contributed by atoms with E-state index in [1.807, 2.05) is 64.1 Å². The lowest BCUT2D eigenvalue weighted by atomic mass is 9.87. The maximum atomic E-state index is 13.8. The third-order valence-corrected chi connectivity index (χ3v) is 22.5. The predicted molar refractivity (Wildman–Crippen MR) is 529 cm³/mol. The number of aromatic nitrogens is 16. The second-order valence-corrected chi connectivity index (χ2v) is 45.4. The highest BCUT2D eigenvalue weighted by Crippen LogP contribution is 2.36. The normalized spacial score (nSPS) is 12.6. The van der Waals surface area contributed by atoms with Gasteiger partial charge in [0.25, 0.3) is 0 Å². The first kappa shape index (κ1) is 98.4. The van der Waals surface area contributed by atoms with E-state index in [1.165, 1.54) is 28.3 Å². The van der Waals surface area contributed by atoms with E-state index in [9.17, 15) is 4.39 Å². The molecule has 0 unspecified atom stereocenters. The van der Waals surface area contributed by atoms with E-state index in [-0.39, 0.29) is 65.9 Å². The fraction of sp³-hybridized carbons (Fsp3) is 0.456. The summed E-state index contributed by atoms with van der Waals surface area (Å²) in [7, 11) is 0. The molecular weight excluding hydrogens is 1620 g/mol. The second kappa shape index (κ2) is 36.9. The van der Waals surface area contributed by atoms with Crippen LogP contribution in [0.4, 0.5) is 4.39 Å². The summed E-state index contributed by atoms with van der Waals surface area (Å²) >= 11 is 24.0. The minimum absolute atomic E-state index is 0.00201. The highest BCUT2D eigenvalue weighted by molar-refractivity contribution is 6.42. The summed E-state index contributed by atoms with van der Waals surface area (Å²) in [5.41, 5.74) is 25.0. The smallest absolute Gasteiger partial charge is 0.128 e. The zero-order valence-corrected chi connectivity index (χ0v) is 83.6. The van der Waals surface area contributed by atoms with Gasteiger partial charge in [0.05, 0.1) is 98.3 Å². The van der Waals surface area contributed by atoms with Crippen LogP contribution in [0.15, 0.2) is 121 Å². The van der Waals surface area contributed by atoms with Crippen molar-refractivity contribution < 1.29 is 4.39 Å². The molecule has 0 radical (unpaired) electrons. The number of hydrogen-bond acceptors (Lipinski definition) is 8. The largest absolute Gasteiger partial charge is 0.342 e. The van der Waals surface area contributed by atoms with Crippen LogP contribution in [-0.4, -0.2) is 79.7 Å². The molecule has 0 aliphatic carbocycles. The molecule has 0 atom stereocenters. The summed E-state index contributed by atoms with van der Waals surface area (Å²) in [5.74, 6) is 8.07. The minimum atomic E-state index is -0.167. The van der Waals surface area contributed by atoms with Crippen LogP contribution in [0.25, 0.3) is 88.3 Å². The van der Waals surface area contributed by atoms with Crippen LogP contribution in [0, 0.1) is 33.5 Å². The van der Waals surface area contributed by atoms with E-state index in [2.05, 4.69) is 374 Å². The fourth-order valence-electron chi connectivity index (χ4n) is 12.8. The van der Waals surface area contributed by atoms with Crippen molar-refractivity contribution in [3.05, 3.63) is 233 Å². The number of benzene rings is 8. The van der Waals surface area contributed by atoms with Gasteiger partial charge in [-0.2, -0.15) is 0 Å². The Morgan fingerprint density at radius 2 is 0.444 bits per heavy atom. The molecule has 8 heterocycles. The maximum Gasteiger partial charge on any atom is 0.128 e. The Labute approximate surface area is 755 Å². The first-order valence-electron chi connectivity index (χ1n) is 43.0. The number of nitrogens with one attached hydrogen (secondary N) is 8. The average Bonchev–Trinajstić information content (AvgIpc) is 1.53. The number of aryl methyl sites for hydroxylation is 4. The lowest BCUT2D eigenvalue weighted by molar-refractivity contribution is 0.554. The van der Waals surface area contributed by atoms with Gasteiger partial charge in [-0.05, 0) is 174 Å². The Balaban J connectivity index is 0.000000161. The van der Waals surface area contributed by atoms with Gasteiger partial charge < -0.3 is 39.9 Å². The Morgan fingerprint density at radius 1 is 0.234 bits per heavy atom. The van der Waals surface area contributed by atoms with Gasteiger partial charge in [0, 0.05) is 59.4 Å². The molecule has 0 aliphatic rings. The molecule has 0 amide bonds. The summed E-state index contributed by atoms with van der Waals surface area (Å²) < 4.78 is 13.8. The van der Waals surface area contributed by atoms with Crippen molar-refractivity contribution in [3.8, 4) is 0 Å². The van der Waals surface area contributed by atoms with Gasteiger partial charge in [-0.1, -0.05) is 292 Å². The average molecular weight is 1760 g/mol. The molecule has 8 aromatic carbocycles. The number of nitrogens with zero attached hydrogens (tertiary/aromatic N) is 8. The van der Waals surface area contributed by atoms with Crippen molar-refractivity contribution in [1.82, 2.24) is 79.7 Å². The number of fused-ring (bicyclic) bond motifs is 8. The van der Waals surface area contributed by atoms with Crippen LogP contribution in [0.2, 0.25) is 20.1 Å². The van der Waals surface area contributed by atoms with Crippen LogP contribution in [0.1, 0.15) is 313 Å². The molecule has 0 bridgehead atoms. The predicted octanol–water partition coefficient (Wildman–Crippen LogP) is 30.6. The standard InChI is InChI=1S/2C15H22N2.C14H19FN2.2C12H15ClN2.2C12H16N2.C11H12Cl2N2/c2*1-14(2,3)10-7-8-11-12(9-10)17-13(16-11)15(4,5)6;1-8(2)9-6-11-12(7-10(9)15)17-13(16-11)14(3,4)5;2*1-7-5-9-10(6-8(7)13)15-11(14-9)12(2,3)4;2*1-8-5-6-9-10(7-8)14-11(13-9)12(2,3)4;1-11(2,3)10-14-8-4-6(12)7(13)5-9(8)15-10/h2*7-9H,1-6H3,(H,16,17);6-8H,1-5H3,(H,16,17);2*5-6H,1-4H3,(H,14,15);2*5-7H,1-4H3,(H,13,14);4-5H,1-3H3,(H,14,15). The van der Waals surface area contributed by atoms with Crippen LogP contribution < -0.4 is 0 Å². The van der Waals surface area contributed by atoms with Crippen molar-refractivity contribution >= 4 is 135 Å². The molecule has 0 saturated carbocycles. The van der Waals surface area contributed by atoms with Crippen LogP contribution in [-0.2, 0) is 54.1 Å². The van der Waals surface area contributed by atoms with Crippen LogP contribution in [0.3, 0.4) is 0 Å². The first-order chi connectivity index (χ1) is 56.7. The van der Waals surface area contributed by atoms with Gasteiger partial charge in [0.15, 0.2) is 0 Å². The van der Waals surface area contributed by atoms with Crippen molar-refractivity contribution in [3.63, 3.8) is 0 Å². The van der Waals surface area contributed by atoms with Crippen molar-refractivity contribution in [2.45, 2.75) is 309 Å². The third-order valence-electron chi connectivity index (χ3n) is 20.9. The summed E-state index contributed by atoms with van der Waals surface area (Å²) in [6.07, 6.45) is 0. The van der Waals surface area contributed by atoms with E-state index in [4.69, 9.17) is 46.4 Å². The molecule has 664 valence electrons. The van der Waals surface area contributed by atoms with E-state index in [0.717, 1.165) is 156 Å². The molecule has 8 aromatic heterocycles. The van der Waals surface area contributed by atoms with Gasteiger partial charge in [-0.15, -0.1) is 0 Å². The van der Waals surface area contributed by atoms with Crippen molar-refractivity contribution in [2.75, 3.05) is 0 Å². The Bertz CT molecular complexity index is 5830. The topological polar surface area (TPSA) is 229 Å². The molecule has 0 fully saturated rings. The first-order valence-corrected chi connectivity index (χ1v) is 44.5.